The van der Waals surface area contributed by atoms with E-state index in [1.807, 2.05) is 0 Å². The monoisotopic (exact) mass is 263 g/mol. The van der Waals surface area contributed by atoms with Crippen LogP contribution >= 0.6 is 0 Å². The summed E-state index contributed by atoms with van der Waals surface area (Å²) in [5.41, 5.74) is 6.64. The van der Waals surface area contributed by atoms with Crippen LogP contribution in [0.4, 0.5) is 11.5 Å². The number of rotatable bonds is 3. The quantitative estimate of drug-likeness (QED) is 0.781. The van der Waals surface area contributed by atoms with E-state index in [1.54, 1.807) is 6.92 Å². The lowest BCUT2D eigenvalue weighted by Gasteiger charge is -1.99. The van der Waals surface area contributed by atoms with E-state index in [0.717, 1.165) is 4.68 Å². The molecule has 0 aliphatic rings. The van der Waals surface area contributed by atoms with E-state index in [-0.39, 0.29) is 24.2 Å². The largest absolute Gasteiger partial charge is 0.396 e. The third kappa shape index (κ3) is 2.94. The van der Waals surface area contributed by atoms with Gasteiger partial charge >= 0.3 is 0 Å². The van der Waals surface area contributed by atoms with Crippen LogP contribution in [0.1, 0.15) is 17.4 Å². The number of amides is 1. The molecule has 0 atom stereocenters. The first-order valence-electron chi connectivity index (χ1n) is 5.48. The lowest BCUT2D eigenvalue weighted by atomic mass is 10.4. The van der Waals surface area contributed by atoms with Gasteiger partial charge in [-0.1, -0.05) is 0 Å². The molecular weight excluding hydrogens is 250 g/mol. The fourth-order valence-corrected chi connectivity index (χ4v) is 1.41. The van der Waals surface area contributed by atoms with Gasteiger partial charge in [0.25, 0.3) is 5.91 Å². The van der Waals surface area contributed by atoms with Crippen molar-refractivity contribution in [2.45, 2.75) is 20.4 Å². The number of nitrogens with zero attached hydrogens (tertiary/aromatic N) is 5. The number of carbonyl (C=O) groups excluding carboxylic acids is 2. The van der Waals surface area contributed by atoms with E-state index >= 15 is 0 Å². The lowest BCUT2D eigenvalue weighted by Crippen LogP contribution is -2.20. The summed E-state index contributed by atoms with van der Waals surface area (Å²) in [5.74, 6) is -0.296. The molecule has 3 N–H and O–H groups in total. The van der Waals surface area contributed by atoms with Crippen LogP contribution in [0.2, 0.25) is 0 Å². The Balaban J connectivity index is 2.06. The Morgan fingerprint density at radius 2 is 2.16 bits per heavy atom. The van der Waals surface area contributed by atoms with Crippen molar-refractivity contribution in [1.29, 1.82) is 0 Å². The maximum Gasteiger partial charge on any atom is 0.270 e. The predicted octanol–water partition coefficient (Wildman–Crippen LogP) is -0.336. The molecule has 9 heteroatoms. The zero-order chi connectivity index (χ0) is 14.0. The van der Waals surface area contributed by atoms with Gasteiger partial charge in [0.15, 0.2) is 5.82 Å². The minimum Gasteiger partial charge on any atom is -0.396 e. The first-order chi connectivity index (χ1) is 8.95. The summed E-state index contributed by atoms with van der Waals surface area (Å²) in [7, 11) is 0. The number of nitrogens with two attached hydrogens (primary N) is 1. The maximum absolute atomic E-state index is 11.9. The van der Waals surface area contributed by atoms with E-state index in [1.165, 1.54) is 24.1 Å². The van der Waals surface area contributed by atoms with Gasteiger partial charge in [0.1, 0.15) is 6.54 Å². The molecule has 9 nitrogen and oxygen atoms in total. The summed E-state index contributed by atoms with van der Waals surface area (Å²) in [6, 6.07) is 0. The van der Waals surface area contributed by atoms with Gasteiger partial charge in [-0.2, -0.15) is 15.0 Å². The van der Waals surface area contributed by atoms with E-state index in [4.69, 9.17) is 5.73 Å². The minimum absolute atomic E-state index is 0.0971. The van der Waals surface area contributed by atoms with Crippen molar-refractivity contribution >= 4 is 23.3 Å². The van der Waals surface area contributed by atoms with Crippen LogP contribution in [-0.4, -0.2) is 36.6 Å². The topological polar surface area (TPSA) is 121 Å². The van der Waals surface area contributed by atoms with Crippen molar-refractivity contribution in [1.82, 2.24) is 24.8 Å². The van der Waals surface area contributed by atoms with E-state index in [2.05, 4.69) is 20.6 Å². The van der Waals surface area contributed by atoms with Crippen molar-refractivity contribution in [3.8, 4) is 0 Å². The molecule has 1 amide bonds. The minimum atomic E-state index is -0.329. The van der Waals surface area contributed by atoms with Crippen molar-refractivity contribution in [3.63, 3.8) is 0 Å². The average molecular weight is 263 g/mol. The van der Waals surface area contributed by atoms with Crippen molar-refractivity contribution < 1.29 is 9.59 Å². The molecule has 2 rings (SSSR count). The maximum atomic E-state index is 11.9. The fourth-order valence-electron chi connectivity index (χ4n) is 1.41. The van der Waals surface area contributed by atoms with Crippen molar-refractivity contribution in [3.05, 3.63) is 18.1 Å². The zero-order valence-corrected chi connectivity index (χ0v) is 10.5. The van der Waals surface area contributed by atoms with Crippen LogP contribution < -0.4 is 11.1 Å². The van der Waals surface area contributed by atoms with Gasteiger partial charge in [0.2, 0.25) is 5.91 Å². The van der Waals surface area contributed by atoms with Crippen LogP contribution in [0.5, 0.6) is 0 Å². The highest BCUT2D eigenvalue weighted by Crippen LogP contribution is 2.07. The van der Waals surface area contributed by atoms with Crippen molar-refractivity contribution in [2.24, 2.45) is 0 Å². The molecular formula is C10H13N7O2. The number of aromatic nitrogens is 5. The summed E-state index contributed by atoms with van der Waals surface area (Å²) in [4.78, 5) is 23.9. The standard InChI is InChI=1S/C10H13N7O2/c1-6-8(11)4-16(14-6)10(19)5-17-12-3-9(15-17)13-7(2)18/h3-4H,5,11H2,1-2H3,(H,13,15,18). The zero-order valence-electron chi connectivity index (χ0n) is 10.5. The second-order valence-corrected chi connectivity index (χ2v) is 3.95. The molecule has 0 aromatic carbocycles. The van der Waals surface area contributed by atoms with E-state index in [9.17, 15) is 9.59 Å². The predicted molar refractivity (Wildman–Crippen MR) is 66.3 cm³/mol. The van der Waals surface area contributed by atoms with Gasteiger partial charge in [-0.3, -0.25) is 9.59 Å². The molecule has 0 unspecified atom stereocenters. The molecule has 0 saturated heterocycles. The van der Waals surface area contributed by atoms with Crippen LogP contribution in [0, 0.1) is 6.92 Å². The molecule has 0 fully saturated rings. The molecule has 19 heavy (non-hydrogen) atoms. The third-order valence-corrected chi connectivity index (χ3v) is 2.31. The highest BCUT2D eigenvalue weighted by atomic mass is 16.2. The Kier molecular flexibility index (Phi) is 3.27. The number of aryl methyl sites for hydroxylation is 1. The normalized spacial score (nSPS) is 10.4. The first-order valence-corrected chi connectivity index (χ1v) is 5.48. The van der Waals surface area contributed by atoms with Gasteiger partial charge in [-0.25, -0.2) is 4.68 Å². The Morgan fingerprint density at radius 1 is 1.42 bits per heavy atom. The number of hydrogen-bond acceptors (Lipinski definition) is 6. The molecule has 2 aromatic heterocycles. The van der Waals surface area contributed by atoms with E-state index in [0.29, 0.717) is 11.4 Å². The highest BCUT2D eigenvalue weighted by Gasteiger charge is 2.11. The smallest absolute Gasteiger partial charge is 0.270 e. The number of carbonyl (C=O) groups is 2. The molecule has 0 saturated carbocycles. The van der Waals surface area contributed by atoms with Gasteiger partial charge < -0.3 is 11.1 Å². The van der Waals surface area contributed by atoms with Gasteiger partial charge in [0.05, 0.1) is 23.8 Å². The summed E-state index contributed by atoms with van der Waals surface area (Å²) in [5, 5.41) is 14.2. The number of hydrogen-bond donors (Lipinski definition) is 2. The molecule has 0 bridgehead atoms. The molecule has 2 aromatic rings. The van der Waals surface area contributed by atoms with Crippen LogP contribution in [-0.2, 0) is 11.3 Å². The number of nitrogen functional groups attached to an aromatic ring is 1. The molecule has 0 aliphatic heterocycles. The van der Waals surface area contributed by atoms with E-state index < -0.39 is 0 Å². The number of nitrogens with one attached hydrogen (secondary N) is 1. The van der Waals surface area contributed by atoms with Crippen LogP contribution in [0.25, 0.3) is 0 Å². The lowest BCUT2D eigenvalue weighted by molar-refractivity contribution is -0.114. The summed E-state index contributed by atoms with van der Waals surface area (Å²) < 4.78 is 1.14. The molecule has 0 spiro atoms. The average Bonchev–Trinajstić information content (AvgIpc) is 2.86. The molecule has 100 valence electrons. The molecule has 0 radical (unpaired) electrons. The summed E-state index contributed by atoms with van der Waals surface area (Å²) in [6.07, 6.45) is 2.80. The van der Waals surface area contributed by atoms with Crippen LogP contribution in [0.15, 0.2) is 12.4 Å². The van der Waals surface area contributed by atoms with Gasteiger partial charge in [-0.05, 0) is 6.92 Å². The summed E-state index contributed by atoms with van der Waals surface area (Å²) in [6.45, 7) is 2.97. The molecule has 2 heterocycles. The SMILES string of the molecule is CC(=O)Nc1cnn(CC(=O)n2cc(N)c(C)n2)n1. The first kappa shape index (κ1) is 12.7. The summed E-state index contributed by atoms with van der Waals surface area (Å²) >= 11 is 0. The Bertz CT molecular complexity index is 608. The fraction of sp³-hybridized carbons (Fsp3) is 0.300. The van der Waals surface area contributed by atoms with Gasteiger partial charge in [0, 0.05) is 6.92 Å². The second kappa shape index (κ2) is 4.88. The Morgan fingerprint density at radius 3 is 2.74 bits per heavy atom. The third-order valence-electron chi connectivity index (χ3n) is 2.31. The van der Waals surface area contributed by atoms with Crippen molar-refractivity contribution in [2.75, 3.05) is 11.1 Å². The molecule has 0 aliphatic carbocycles. The Labute approximate surface area is 108 Å². The van der Waals surface area contributed by atoms with Crippen LogP contribution in [0.3, 0.4) is 0 Å². The van der Waals surface area contributed by atoms with Gasteiger partial charge in [-0.15, -0.1) is 5.10 Å². The highest BCUT2D eigenvalue weighted by molar-refractivity contribution is 5.87. The Hall–Kier alpha value is -2.71. The number of anilines is 2. The second-order valence-electron chi connectivity index (χ2n) is 3.95.